The molecule has 102 valence electrons. The van der Waals surface area contributed by atoms with E-state index in [2.05, 4.69) is 43.1 Å². The van der Waals surface area contributed by atoms with E-state index in [1.165, 1.54) is 35.7 Å². The molecule has 3 heteroatoms. The number of rotatable bonds is 6. The zero-order valence-corrected chi connectivity index (χ0v) is 12.7. The van der Waals surface area contributed by atoms with Gasteiger partial charge < -0.3 is 5.32 Å². The molecule has 18 heavy (non-hydrogen) atoms. The fraction of sp³-hybridized carbons (Fsp3) is 0.733. The summed E-state index contributed by atoms with van der Waals surface area (Å²) in [7, 11) is 0. The van der Waals surface area contributed by atoms with Crippen molar-refractivity contribution in [1.82, 2.24) is 10.2 Å². The van der Waals surface area contributed by atoms with Crippen LogP contribution in [0.3, 0.4) is 0 Å². The molecule has 0 bridgehead atoms. The van der Waals surface area contributed by atoms with Gasteiger partial charge in [0.1, 0.15) is 0 Å². The summed E-state index contributed by atoms with van der Waals surface area (Å²) in [5, 5.41) is 3.50. The average molecular weight is 266 g/mol. The molecular formula is C15H26N2S. The van der Waals surface area contributed by atoms with Gasteiger partial charge in [0, 0.05) is 28.4 Å². The minimum Gasteiger partial charge on any atom is -0.315 e. The maximum Gasteiger partial charge on any atom is 0.0416 e. The molecule has 1 N–H and O–H groups in total. The van der Waals surface area contributed by atoms with Crippen LogP contribution in [0, 0.1) is 0 Å². The highest BCUT2D eigenvalue weighted by Crippen LogP contribution is 2.30. The molecular weight excluding hydrogens is 240 g/mol. The van der Waals surface area contributed by atoms with E-state index < -0.39 is 0 Å². The van der Waals surface area contributed by atoms with Crippen molar-refractivity contribution in [3.05, 3.63) is 21.9 Å². The molecule has 0 amide bonds. The van der Waals surface area contributed by atoms with Crippen molar-refractivity contribution in [3.63, 3.8) is 0 Å². The van der Waals surface area contributed by atoms with E-state index in [1.807, 2.05) is 11.3 Å². The number of hydrogen-bond donors (Lipinski definition) is 1. The minimum absolute atomic E-state index is 0.570. The van der Waals surface area contributed by atoms with Gasteiger partial charge in [-0.15, -0.1) is 11.3 Å². The zero-order chi connectivity index (χ0) is 13.0. The van der Waals surface area contributed by atoms with E-state index in [4.69, 9.17) is 0 Å². The smallest absolute Gasteiger partial charge is 0.0416 e. The molecule has 2 atom stereocenters. The average Bonchev–Trinajstić information content (AvgIpc) is 3.05. The maximum absolute atomic E-state index is 3.50. The molecule has 1 aromatic heterocycles. The molecule has 2 heterocycles. The predicted molar refractivity (Wildman–Crippen MR) is 80.4 cm³/mol. The van der Waals surface area contributed by atoms with Crippen LogP contribution in [-0.2, 0) is 6.42 Å². The Bertz CT molecular complexity index is 355. The van der Waals surface area contributed by atoms with Crippen LogP contribution < -0.4 is 5.32 Å². The third kappa shape index (κ3) is 3.14. The quantitative estimate of drug-likeness (QED) is 0.848. The maximum atomic E-state index is 3.50. The summed E-state index contributed by atoms with van der Waals surface area (Å²) in [5.41, 5.74) is 0. The Morgan fingerprint density at radius 3 is 2.83 bits per heavy atom. The van der Waals surface area contributed by atoms with Gasteiger partial charge in [-0.25, -0.2) is 0 Å². The molecule has 0 aromatic carbocycles. The first-order valence-corrected chi connectivity index (χ1v) is 8.13. The topological polar surface area (TPSA) is 15.3 Å². The fourth-order valence-corrected chi connectivity index (χ4v) is 3.87. The second-order valence-corrected chi connectivity index (χ2v) is 6.42. The van der Waals surface area contributed by atoms with E-state index in [0.29, 0.717) is 6.04 Å². The van der Waals surface area contributed by atoms with Crippen molar-refractivity contribution in [2.45, 2.75) is 52.1 Å². The van der Waals surface area contributed by atoms with Gasteiger partial charge >= 0.3 is 0 Å². The Morgan fingerprint density at radius 2 is 2.28 bits per heavy atom. The normalized spacial score (nSPS) is 21.7. The lowest BCUT2D eigenvalue weighted by Gasteiger charge is -2.33. The van der Waals surface area contributed by atoms with Crippen molar-refractivity contribution < 1.29 is 0 Å². The first-order valence-electron chi connectivity index (χ1n) is 7.31. The van der Waals surface area contributed by atoms with E-state index in [9.17, 15) is 0 Å². The lowest BCUT2D eigenvalue weighted by molar-refractivity contribution is 0.156. The summed E-state index contributed by atoms with van der Waals surface area (Å²) >= 11 is 1.99. The van der Waals surface area contributed by atoms with Gasteiger partial charge in [0.05, 0.1) is 0 Å². The number of nitrogens with one attached hydrogen (secondary N) is 1. The predicted octanol–water partition coefficient (Wildman–Crippen LogP) is 3.45. The highest BCUT2D eigenvalue weighted by atomic mass is 32.1. The number of nitrogens with zero attached hydrogens (tertiary/aromatic N) is 1. The van der Waals surface area contributed by atoms with Crippen LogP contribution >= 0.6 is 11.3 Å². The molecule has 0 spiro atoms. The third-order valence-corrected chi connectivity index (χ3v) is 5.33. The molecule has 0 aliphatic carbocycles. The molecule has 1 aromatic rings. The van der Waals surface area contributed by atoms with Gasteiger partial charge in [-0.3, -0.25) is 4.90 Å². The molecule has 1 fully saturated rings. The Balaban J connectivity index is 2.08. The summed E-state index contributed by atoms with van der Waals surface area (Å²) in [6.07, 6.45) is 3.71. The summed E-state index contributed by atoms with van der Waals surface area (Å²) < 4.78 is 0. The van der Waals surface area contributed by atoms with E-state index in [-0.39, 0.29) is 0 Å². The van der Waals surface area contributed by atoms with E-state index in [1.54, 1.807) is 0 Å². The van der Waals surface area contributed by atoms with Crippen molar-refractivity contribution in [2.24, 2.45) is 0 Å². The number of thiophene rings is 1. The second kappa shape index (κ2) is 6.69. The van der Waals surface area contributed by atoms with Crippen molar-refractivity contribution >= 4 is 11.3 Å². The van der Waals surface area contributed by atoms with Crippen molar-refractivity contribution in [2.75, 3.05) is 19.6 Å². The Hall–Kier alpha value is -0.380. The van der Waals surface area contributed by atoms with Crippen LogP contribution in [0.1, 0.15) is 49.4 Å². The highest BCUT2D eigenvalue weighted by molar-refractivity contribution is 7.12. The van der Waals surface area contributed by atoms with Gasteiger partial charge in [0.15, 0.2) is 0 Å². The lowest BCUT2D eigenvalue weighted by Crippen LogP contribution is -2.39. The first kappa shape index (κ1) is 14.0. The van der Waals surface area contributed by atoms with Crippen LogP contribution in [0.2, 0.25) is 0 Å². The Morgan fingerprint density at radius 1 is 1.44 bits per heavy atom. The van der Waals surface area contributed by atoms with Crippen LogP contribution in [0.15, 0.2) is 12.1 Å². The monoisotopic (exact) mass is 266 g/mol. The SMILES string of the molecule is CCCN(C1CCNC1)C(C)c1ccc(CC)s1. The van der Waals surface area contributed by atoms with Crippen LogP contribution in [0.25, 0.3) is 0 Å². The van der Waals surface area contributed by atoms with Crippen molar-refractivity contribution in [3.8, 4) is 0 Å². The Kier molecular flexibility index (Phi) is 5.22. The molecule has 2 rings (SSSR count). The summed E-state index contributed by atoms with van der Waals surface area (Å²) in [4.78, 5) is 5.75. The van der Waals surface area contributed by atoms with Crippen molar-refractivity contribution in [1.29, 1.82) is 0 Å². The molecule has 0 radical (unpaired) electrons. The van der Waals surface area contributed by atoms with Gasteiger partial charge in [0.2, 0.25) is 0 Å². The lowest BCUT2D eigenvalue weighted by atomic mass is 10.1. The highest BCUT2D eigenvalue weighted by Gasteiger charge is 2.27. The van der Waals surface area contributed by atoms with Crippen LogP contribution in [0.5, 0.6) is 0 Å². The van der Waals surface area contributed by atoms with Crippen LogP contribution in [-0.4, -0.2) is 30.6 Å². The van der Waals surface area contributed by atoms with Gasteiger partial charge in [-0.1, -0.05) is 13.8 Å². The van der Waals surface area contributed by atoms with Crippen LogP contribution in [0.4, 0.5) is 0 Å². The summed E-state index contributed by atoms with van der Waals surface area (Å²) in [6.45, 7) is 10.5. The minimum atomic E-state index is 0.570. The summed E-state index contributed by atoms with van der Waals surface area (Å²) in [6, 6.07) is 5.93. The zero-order valence-electron chi connectivity index (χ0n) is 11.9. The van der Waals surface area contributed by atoms with Gasteiger partial charge in [0.25, 0.3) is 0 Å². The third-order valence-electron chi connectivity index (χ3n) is 3.93. The fourth-order valence-electron chi connectivity index (χ4n) is 2.85. The molecule has 1 saturated heterocycles. The number of hydrogen-bond acceptors (Lipinski definition) is 3. The van der Waals surface area contributed by atoms with Gasteiger partial charge in [-0.05, 0) is 51.4 Å². The molecule has 1 aliphatic rings. The first-order chi connectivity index (χ1) is 8.76. The Labute approximate surface area is 115 Å². The molecule has 2 unspecified atom stereocenters. The molecule has 2 nitrogen and oxygen atoms in total. The number of aryl methyl sites for hydroxylation is 1. The second-order valence-electron chi connectivity index (χ2n) is 5.22. The molecule has 1 aliphatic heterocycles. The largest absolute Gasteiger partial charge is 0.315 e. The van der Waals surface area contributed by atoms with Gasteiger partial charge in [-0.2, -0.15) is 0 Å². The standard InChI is InChI=1S/C15H26N2S/c1-4-10-17(13-8-9-16-11-13)12(3)15-7-6-14(5-2)18-15/h6-7,12-13,16H,4-5,8-11H2,1-3H3. The van der Waals surface area contributed by atoms with E-state index >= 15 is 0 Å². The van der Waals surface area contributed by atoms with E-state index in [0.717, 1.165) is 19.0 Å². The summed E-state index contributed by atoms with van der Waals surface area (Å²) in [5.74, 6) is 0. The molecule has 0 saturated carbocycles.